The van der Waals surface area contributed by atoms with Crippen molar-refractivity contribution in [1.82, 2.24) is 5.32 Å². The second-order valence-corrected chi connectivity index (χ2v) is 4.62. The van der Waals surface area contributed by atoms with Gasteiger partial charge >= 0.3 is 0 Å². The lowest BCUT2D eigenvalue weighted by Crippen LogP contribution is -2.37. The van der Waals surface area contributed by atoms with Gasteiger partial charge in [-0.15, -0.1) is 0 Å². The van der Waals surface area contributed by atoms with E-state index in [9.17, 15) is 0 Å². The van der Waals surface area contributed by atoms with Crippen molar-refractivity contribution in [2.45, 2.75) is 12.5 Å². The highest BCUT2D eigenvalue weighted by Crippen LogP contribution is 2.17. The smallest absolute Gasteiger partial charge is 0.119 e. The maximum atomic E-state index is 6.07. The highest BCUT2D eigenvalue weighted by Gasteiger charge is 2.21. The first-order valence-electron chi connectivity index (χ1n) is 5.60. The van der Waals surface area contributed by atoms with E-state index in [0.29, 0.717) is 12.5 Å². The standard InChI is InChI=1S/C12H17ClN2O/c13-10-1-3-11(4-2-10)16-8-12(14)9-5-6-15-7-9/h1-4,9,12,15H,5-8,14H2. The Morgan fingerprint density at radius 2 is 2.19 bits per heavy atom. The number of benzene rings is 1. The molecule has 0 aromatic heterocycles. The molecule has 2 atom stereocenters. The first-order chi connectivity index (χ1) is 7.75. The van der Waals surface area contributed by atoms with Crippen molar-refractivity contribution in [3.8, 4) is 5.75 Å². The molecule has 88 valence electrons. The molecule has 2 unspecified atom stereocenters. The van der Waals surface area contributed by atoms with Gasteiger partial charge in [0.25, 0.3) is 0 Å². The zero-order chi connectivity index (χ0) is 11.4. The molecule has 3 N–H and O–H groups in total. The van der Waals surface area contributed by atoms with Gasteiger partial charge < -0.3 is 15.8 Å². The molecule has 1 aromatic carbocycles. The monoisotopic (exact) mass is 240 g/mol. The van der Waals surface area contributed by atoms with Crippen molar-refractivity contribution in [2.24, 2.45) is 11.7 Å². The number of hydrogen-bond acceptors (Lipinski definition) is 3. The third-order valence-electron chi connectivity index (χ3n) is 2.96. The maximum absolute atomic E-state index is 6.07. The number of hydrogen-bond donors (Lipinski definition) is 2. The number of ether oxygens (including phenoxy) is 1. The highest BCUT2D eigenvalue weighted by atomic mass is 35.5. The summed E-state index contributed by atoms with van der Waals surface area (Å²) < 4.78 is 5.62. The molecule has 1 aromatic rings. The Bertz CT molecular complexity index is 322. The van der Waals surface area contributed by atoms with Crippen LogP contribution < -0.4 is 15.8 Å². The van der Waals surface area contributed by atoms with E-state index in [0.717, 1.165) is 30.3 Å². The molecule has 0 saturated carbocycles. The van der Waals surface area contributed by atoms with Crippen LogP contribution in [-0.2, 0) is 0 Å². The summed E-state index contributed by atoms with van der Waals surface area (Å²) in [4.78, 5) is 0. The minimum atomic E-state index is 0.102. The van der Waals surface area contributed by atoms with Crippen molar-refractivity contribution in [3.63, 3.8) is 0 Å². The SMILES string of the molecule is NC(COc1ccc(Cl)cc1)C1CCNC1. The van der Waals surface area contributed by atoms with Gasteiger partial charge in [-0.05, 0) is 49.7 Å². The first kappa shape index (κ1) is 11.7. The second kappa shape index (κ2) is 5.53. The number of nitrogens with two attached hydrogens (primary N) is 1. The van der Waals surface area contributed by atoms with Gasteiger partial charge in [-0.1, -0.05) is 11.6 Å². The Labute approximate surface area is 101 Å². The quantitative estimate of drug-likeness (QED) is 0.842. The fourth-order valence-corrected chi connectivity index (χ4v) is 2.03. The van der Waals surface area contributed by atoms with Crippen LogP contribution in [0.4, 0.5) is 0 Å². The van der Waals surface area contributed by atoms with Crippen LogP contribution in [-0.4, -0.2) is 25.7 Å². The normalized spacial score (nSPS) is 22.0. The van der Waals surface area contributed by atoms with Gasteiger partial charge in [0, 0.05) is 11.1 Å². The van der Waals surface area contributed by atoms with Crippen molar-refractivity contribution < 1.29 is 4.74 Å². The van der Waals surface area contributed by atoms with Gasteiger partial charge in [0.15, 0.2) is 0 Å². The number of nitrogens with one attached hydrogen (secondary N) is 1. The molecule has 16 heavy (non-hydrogen) atoms. The molecule has 0 aliphatic carbocycles. The van der Waals surface area contributed by atoms with E-state index in [1.54, 1.807) is 0 Å². The summed E-state index contributed by atoms with van der Waals surface area (Å²) in [5.41, 5.74) is 6.07. The summed E-state index contributed by atoms with van der Waals surface area (Å²) in [6, 6.07) is 7.47. The molecule has 0 bridgehead atoms. The van der Waals surface area contributed by atoms with Crippen LogP contribution in [0.1, 0.15) is 6.42 Å². The molecule has 1 saturated heterocycles. The average Bonchev–Trinajstić information content (AvgIpc) is 2.81. The molecule has 0 spiro atoms. The number of halogens is 1. The summed E-state index contributed by atoms with van der Waals surface area (Å²) in [5, 5.41) is 4.02. The third-order valence-corrected chi connectivity index (χ3v) is 3.21. The fraction of sp³-hybridized carbons (Fsp3) is 0.500. The lowest BCUT2D eigenvalue weighted by molar-refractivity contribution is 0.252. The van der Waals surface area contributed by atoms with E-state index in [-0.39, 0.29) is 6.04 Å². The summed E-state index contributed by atoms with van der Waals surface area (Å²) in [7, 11) is 0. The second-order valence-electron chi connectivity index (χ2n) is 4.18. The third kappa shape index (κ3) is 3.11. The molecular formula is C12H17ClN2O. The topological polar surface area (TPSA) is 47.3 Å². The average molecular weight is 241 g/mol. The minimum absolute atomic E-state index is 0.102. The van der Waals surface area contributed by atoms with Gasteiger partial charge in [0.1, 0.15) is 12.4 Å². The molecule has 1 aliphatic rings. The Balaban J connectivity index is 1.80. The van der Waals surface area contributed by atoms with Gasteiger partial charge in [0.05, 0.1) is 0 Å². The largest absolute Gasteiger partial charge is 0.492 e. The zero-order valence-corrected chi connectivity index (χ0v) is 9.91. The molecule has 1 aliphatic heterocycles. The molecular weight excluding hydrogens is 224 g/mol. The highest BCUT2D eigenvalue weighted by molar-refractivity contribution is 6.30. The fourth-order valence-electron chi connectivity index (χ4n) is 1.90. The van der Waals surface area contributed by atoms with Crippen molar-refractivity contribution in [2.75, 3.05) is 19.7 Å². The van der Waals surface area contributed by atoms with Crippen LogP contribution >= 0.6 is 11.6 Å². The van der Waals surface area contributed by atoms with Crippen LogP contribution in [0.2, 0.25) is 5.02 Å². The van der Waals surface area contributed by atoms with E-state index in [1.807, 2.05) is 24.3 Å². The summed E-state index contributed by atoms with van der Waals surface area (Å²) in [6.07, 6.45) is 1.14. The van der Waals surface area contributed by atoms with E-state index < -0.39 is 0 Å². The van der Waals surface area contributed by atoms with Crippen LogP contribution in [0.15, 0.2) is 24.3 Å². The lowest BCUT2D eigenvalue weighted by atomic mass is 10.0. The summed E-state index contributed by atoms with van der Waals surface area (Å²) in [6.45, 7) is 2.64. The Hall–Kier alpha value is -0.770. The van der Waals surface area contributed by atoms with E-state index >= 15 is 0 Å². The molecule has 4 heteroatoms. The minimum Gasteiger partial charge on any atom is -0.492 e. The van der Waals surface area contributed by atoms with Gasteiger partial charge in [-0.3, -0.25) is 0 Å². The van der Waals surface area contributed by atoms with Crippen molar-refractivity contribution >= 4 is 11.6 Å². The molecule has 3 nitrogen and oxygen atoms in total. The lowest BCUT2D eigenvalue weighted by Gasteiger charge is -2.18. The van der Waals surface area contributed by atoms with E-state index in [1.165, 1.54) is 0 Å². The van der Waals surface area contributed by atoms with Crippen LogP contribution in [0.25, 0.3) is 0 Å². The Kier molecular flexibility index (Phi) is 4.04. The van der Waals surface area contributed by atoms with Crippen LogP contribution in [0, 0.1) is 5.92 Å². The molecule has 2 rings (SSSR count). The molecule has 0 radical (unpaired) electrons. The predicted octanol–water partition coefficient (Wildman–Crippen LogP) is 1.66. The predicted molar refractivity (Wildman–Crippen MR) is 65.9 cm³/mol. The van der Waals surface area contributed by atoms with Crippen molar-refractivity contribution in [3.05, 3.63) is 29.3 Å². The summed E-state index contributed by atoms with van der Waals surface area (Å²) in [5.74, 6) is 1.36. The zero-order valence-electron chi connectivity index (χ0n) is 9.16. The van der Waals surface area contributed by atoms with Gasteiger partial charge in [-0.2, -0.15) is 0 Å². The van der Waals surface area contributed by atoms with Crippen LogP contribution in [0.5, 0.6) is 5.75 Å². The molecule has 1 heterocycles. The number of rotatable bonds is 4. The maximum Gasteiger partial charge on any atom is 0.119 e. The van der Waals surface area contributed by atoms with Gasteiger partial charge in [0.2, 0.25) is 0 Å². The van der Waals surface area contributed by atoms with Crippen LogP contribution in [0.3, 0.4) is 0 Å². The van der Waals surface area contributed by atoms with Gasteiger partial charge in [-0.25, -0.2) is 0 Å². The first-order valence-corrected chi connectivity index (χ1v) is 5.98. The summed E-state index contributed by atoms with van der Waals surface area (Å²) >= 11 is 5.79. The Morgan fingerprint density at radius 1 is 1.44 bits per heavy atom. The van der Waals surface area contributed by atoms with E-state index in [4.69, 9.17) is 22.1 Å². The van der Waals surface area contributed by atoms with E-state index in [2.05, 4.69) is 5.32 Å². The van der Waals surface area contributed by atoms with Crippen molar-refractivity contribution in [1.29, 1.82) is 0 Å². The molecule has 1 fully saturated rings. The Morgan fingerprint density at radius 3 is 2.81 bits per heavy atom. The molecule has 0 amide bonds.